The molecule has 0 atom stereocenters. The largest absolute Gasteiger partial charge is 0.307 e. The van der Waals surface area contributed by atoms with Crippen molar-refractivity contribution in [2.24, 2.45) is 7.05 Å². The van der Waals surface area contributed by atoms with E-state index in [4.69, 9.17) is 0 Å². The summed E-state index contributed by atoms with van der Waals surface area (Å²) in [5.41, 5.74) is 2.29. The molecule has 0 aromatic carbocycles. The van der Waals surface area contributed by atoms with Gasteiger partial charge in [0, 0.05) is 26.3 Å². The Labute approximate surface area is 86.6 Å². The summed E-state index contributed by atoms with van der Waals surface area (Å²) in [7, 11) is 1.87. The number of aromatic nitrogens is 3. The molecule has 0 spiro atoms. The molecule has 0 aliphatic rings. The zero-order valence-corrected chi connectivity index (χ0v) is 8.79. The summed E-state index contributed by atoms with van der Waals surface area (Å²) in [4.78, 5) is 0. The Morgan fingerprint density at radius 2 is 2.43 bits per heavy atom. The minimum atomic E-state index is 0.768. The van der Waals surface area contributed by atoms with E-state index in [0.29, 0.717) is 0 Å². The van der Waals surface area contributed by atoms with Crippen LogP contribution in [0, 0.1) is 0 Å². The van der Waals surface area contributed by atoms with E-state index in [1.54, 1.807) is 16.0 Å². The zero-order chi connectivity index (χ0) is 9.80. The molecule has 0 radical (unpaired) electrons. The number of hydrogen-bond acceptors (Lipinski definition) is 4. The van der Waals surface area contributed by atoms with Crippen LogP contribution in [-0.4, -0.2) is 15.0 Å². The van der Waals surface area contributed by atoms with Gasteiger partial charge < -0.3 is 5.32 Å². The zero-order valence-electron chi connectivity index (χ0n) is 7.97. The molecule has 2 aromatic heterocycles. The fourth-order valence-corrected chi connectivity index (χ4v) is 1.87. The van der Waals surface area contributed by atoms with Gasteiger partial charge in [-0.25, -0.2) is 0 Å². The smallest absolute Gasteiger partial charge is 0.0964 e. The van der Waals surface area contributed by atoms with Crippen molar-refractivity contribution in [2.45, 2.75) is 13.1 Å². The molecule has 2 rings (SSSR count). The van der Waals surface area contributed by atoms with E-state index >= 15 is 0 Å². The minimum Gasteiger partial charge on any atom is -0.307 e. The van der Waals surface area contributed by atoms with E-state index in [9.17, 15) is 0 Å². The van der Waals surface area contributed by atoms with E-state index in [1.165, 1.54) is 5.56 Å². The lowest BCUT2D eigenvalue weighted by Crippen LogP contribution is -2.12. The second-order valence-corrected chi connectivity index (χ2v) is 3.90. The Hall–Kier alpha value is -1.20. The van der Waals surface area contributed by atoms with Gasteiger partial charge in [-0.3, -0.25) is 4.68 Å². The summed E-state index contributed by atoms with van der Waals surface area (Å²) < 4.78 is 1.71. The van der Waals surface area contributed by atoms with Crippen molar-refractivity contribution in [2.75, 3.05) is 0 Å². The van der Waals surface area contributed by atoms with Crippen LogP contribution in [0.2, 0.25) is 0 Å². The lowest BCUT2D eigenvalue weighted by Gasteiger charge is -1.98. The number of aryl methyl sites for hydroxylation is 1. The topological polar surface area (TPSA) is 42.7 Å². The van der Waals surface area contributed by atoms with Crippen molar-refractivity contribution in [3.05, 3.63) is 34.3 Å². The quantitative estimate of drug-likeness (QED) is 0.820. The summed E-state index contributed by atoms with van der Waals surface area (Å²) in [5, 5.41) is 15.4. The number of rotatable bonds is 4. The predicted molar refractivity (Wildman–Crippen MR) is 55.9 cm³/mol. The molecular formula is C9H12N4S. The normalized spacial score (nSPS) is 10.6. The van der Waals surface area contributed by atoms with Crippen molar-refractivity contribution >= 4 is 11.3 Å². The van der Waals surface area contributed by atoms with Crippen molar-refractivity contribution in [1.29, 1.82) is 0 Å². The van der Waals surface area contributed by atoms with E-state index in [-0.39, 0.29) is 0 Å². The summed E-state index contributed by atoms with van der Waals surface area (Å²) in [6, 6.07) is 2.12. The van der Waals surface area contributed by atoms with Crippen LogP contribution in [0.15, 0.2) is 23.0 Å². The van der Waals surface area contributed by atoms with Crippen LogP contribution in [0.25, 0.3) is 0 Å². The maximum atomic E-state index is 3.99. The molecule has 0 unspecified atom stereocenters. The predicted octanol–water partition coefficient (Wildman–Crippen LogP) is 1.17. The van der Waals surface area contributed by atoms with Gasteiger partial charge in [-0.05, 0) is 22.4 Å². The standard InChI is InChI=1S/C9H12N4S/c1-13-6-9(11-12-13)5-10-4-8-2-3-14-7-8/h2-3,6-7,10H,4-5H2,1H3. The van der Waals surface area contributed by atoms with E-state index < -0.39 is 0 Å². The summed E-state index contributed by atoms with van der Waals surface area (Å²) >= 11 is 1.72. The molecule has 74 valence electrons. The van der Waals surface area contributed by atoms with Gasteiger partial charge in [0.15, 0.2) is 0 Å². The van der Waals surface area contributed by atoms with Gasteiger partial charge in [0.25, 0.3) is 0 Å². The van der Waals surface area contributed by atoms with Gasteiger partial charge in [0.1, 0.15) is 0 Å². The number of thiophene rings is 1. The lowest BCUT2D eigenvalue weighted by molar-refractivity contribution is 0.675. The average molecular weight is 208 g/mol. The van der Waals surface area contributed by atoms with Crippen LogP contribution in [0.4, 0.5) is 0 Å². The highest BCUT2D eigenvalue weighted by atomic mass is 32.1. The molecule has 0 fully saturated rings. The van der Waals surface area contributed by atoms with Crippen LogP contribution in [0.5, 0.6) is 0 Å². The highest BCUT2D eigenvalue weighted by molar-refractivity contribution is 7.07. The Bertz CT molecular complexity index is 379. The third-order valence-corrected chi connectivity index (χ3v) is 2.60. The summed E-state index contributed by atoms with van der Waals surface area (Å²) in [6.45, 7) is 1.66. The van der Waals surface area contributed by atoms with Crippen molar-refractivity contribution in [3.63, 3.8) is 0 Å². The monoisotopic (exact) mass is 208 g/mol. The molecule has 0 saturated heterocycles. The maximum Gasteiger partial charge on any atom is 0.0964 e. The molecular weight excluding hydrogens is 196 g/mol. The molecule has 2 aromatic rings. The first kappa shape index (κ1) is 9.36. The van der Waals surface area contributed by atoms with Crippen LogP contribution in [0.3, 0.4) is 0 Å². The minimum absolute atomic E-state index is 0.768. The van der Waals surface area contributed by atoms with Crippen molar-refractivity contribution in [1.82, 2.24) is 20.3 Å². The molecule has 0 aliphatic heterocycles. The van der Waals surface area contributed by atoms with E-state index in [1.807, 2.05) is 13.2 Å². The average Bonchev–Trinajstić information content (AvgIpc) is 2.77. The maximum absolute atomic E-state index is 3.99. The Morgan fingerprint density at radius 3 is 3.07 bits per heavy atom. The van der Waals surface area contributed by atoms with Crippen LogP contribution >= 0.6 is 11.3 Å². The lowest BCUT2D eigenvalue weighted by atomic mass is 10.3. The second kappa shape index (κ2) is 4.34. The third-order valence-electron chi connectivity index (χ3n) is 1.87. The first-order valence-electron chi connectivity index (χ1n) is 4.41. The first-order chi connectivity index (χ1) is 6.84. The fourth-order valence-electron chi connectivity index (χ4n) is 1.20. The van der Waals surface area contributed by atoms with E-state index in [2.05, 4.69) is 32.5 Å². The van der Waals surface area contributed by atoms with Gasteiger partial charge >= 0.3 is 0 Å². The van der Waals surface area contributed by atoms with Crippen molar-refractivity contribution < 1.29 is 0 Å². The van der Waals surface area contributed by atoms with Gasteiger partial charge in [0.2, 0.25) is 0 Å². The molecule has 4 nitrogen and oxygen atoms in total. The third kappa shape index (κ3) is 2.40. The SMILES string of the molecule is Cn1cc(CNCc2ccsc2)nn1. The van der Waals surface area contributed by atoms with E-state index in [0.717, 1.165) is 18.8 Å². The van der Waals surface area contributed by atoms with Crippen LogP contribution in [0.1, 0.15) is 11.3 Å². The number of nitrogens with zero attached hydrogens (tertiary/aromatic N) is 3. The van der Waals surface area contributed by atoms with Crippen molar-refractivity contribution in [3.8, 4) is 0 Å². The number of hydrogen-bond donors (Lipinski definition) is 1. The fraction of sp³-hybridized carbons (Fsp3) is 0.333. The molecule has 1 N–H and O–H groups in total. The summed E-state index contributed by atoms with van der Waals surface area (Å²) in [5.74, 6) is 0. The molecule has 0 saturated carbocycles. The molecule has 0 amide bonds. The van der Waals surface area contributed by atoms with Gasteiger partial charge in [-0.1, -0.05) is 5.21 Å². The number of nitrogens with one attached hydrogen (secondary N) is 1. The van der Waals surface area contributed by atoms with Gasteiger partial charge in [-0.15, -0.1) is 5.10 Å². The Kier molecular flexibility index (Phi) is 2.90. The molecule has 14 heavy (non-hydrogen) atoms. The molecule has 5 heteroatoms. The Morgan fingerprint density at radius 1 is 1.50 bits per heavy atom. The second-order valence-electron chi connectivity index (χ2n) is 3.12. The van der Waals surface area contributed by atoms with Gasteiger partial charge in [0.05, 0.1) is 5.69 Å². The van der Waals surface area contributed by atoms with Gasteiger partial charge in [-0.2, -0.15) is 11.3 Å². The summed E-state index contributed by atoms with van der Waals surface area (Å²) in [6.07, 6.45) is 1.92. The first-order valence-corrected chi connectivity index (χ1v) is 5.36. The molecule has 2 heterocycles. The van der Waals surface area contributed by atoms with Crippen LogP contribution in [-0.2, 0) is 20.1 Å². The molecule has 0 aliphatic carbocycles. The highest BCUT2D eigenvalue weighted by Gasteiger charge is 1.97. The highest BCUT2D eigenvalue weighted by Crippen LogP contribution is 2.05. The Balaban J connectivity index is 1.78. The van der Waals surface area contributed by atoms with Crippen LogP contribution < -0.4 is 5.32 Å². The molecule has 0 bridgehead atoms.